The van der Waals surface area contributed by atoms with Gasteiger partial charge in [-0.25, -0.2) is 4.39 Å². The number of nitrogens with zero attached hydrogens (tertiary/aromatic N) is 2. The van der Waals surface area contributed by atoms with Crippen molar-refractivity contribution in [3.63, 3.8) is 0 Å². The van der Waals surface area contributed by atoms with E-state index in [0.29, 0.717) is 0 Å². The van der Waals surface area contributed by atoms with Gasteiger partial charge in [0.25, 0.3) is 0 Å². The summed E-state index contributed by atoms with van der Waals surface area (Å²) in [6.07, 6.45) is 1.72. The second-order valence-electron chi connectivity index (χ2n) is 3.71. The Morgan fingerprint density at radius 3 is 2.53 bits per heavy atom. The van der Waals surface area contributed by atoms with Gasteiger partial charge in [0.05, 0.1) is 11.7 Å². The Balaban J connectivity index is 0.00000128. The molecule has 2 rings (SSSR count). The molecule has 1 aromatic rings. The van der Waals surface area contributed by atoms with Crippen molar-refractivity contribution in [1.29, 1.82) is 0 Å². The third-order valence-electron chi connectivity index (χ3n) is 2.77. The van der Waals surface area contributed by atoms with Crippen molar-refractivity contribution in [1.82, 2.24) is 15.2 Å². The van der Waals surface area contributed by atoms with Crippen LogP contribution in [0.1, 0.15) is 11.7 Å². The maximum absolute atomic E-state index is 13.0. The van der Waals surface area contributed by atoms with Crippen LogP contribution in [0.3, 0.4) is 0 Å². The molecular weight excluding hydrogens is 264 g/mol. The van der Waals surface area contributed by atoms with E-state index < -0.39 is 0 Å². The molecule has 6 heteroatoms. The zero-order chi connectivity index (χ0) is 10.5. The molecule has 0 aromatic carbocycles. The number of hydrogen-bond acceptors (Lipinski definition) is 3. The van der Waals surface area contributed by atoms with E-state index in [2.05, 4.69) is 15.2 Å². The smallest absolute Gasteiger partial charge is 0.111 e. The first kappa shape index (κ1) is 16.6. The molecule has 0 radical (unpaired) electrons. The van der Waals surface area contributed by atoms with Crippen molar-refractivity contribution in [2.75, 3.05) is 32.9 Å². The number of rotatable bonds is 3. The number of hydrogen-bond donors (Lipinski definition) is 1. The van der Waals surface area contributed by atoms with E-state index in [9.17, 15) is 4.39 Å². The average Bonchev–Trinajstić information content (AvgIpc) is 2.33. The summed E-state index contributed by atoms with van der Waals surface area (Å²) < 4.78 is 13.0. The number of nitrogens with one attached hydrogen (secondary N) is 1. The summed E-state index contributed by atoms with van der Waals surface area (Å²) >= 11 is 0. The van der Waals surface area contributed by atoms with Crippen LogP contribution in [-0.4, -0.2) is 42.7 Å². The van der Waals surface area contributed by atoms with Crippen LogP contribution in [0, 0.1) is 0 Å². The quantitative estimate of drug-likeness (QED) is 0.917. The number of aromatic nitrogens is 1. The predicted molar refractivity (Wildman–Crippen MR) is 71.9 cm³/mol. The largest absolute Gasteiger partial charge is 0.314 e. The first-order chi connectivity index (χ1) is 7.42. The van der Waals surface area contributed by atoms with Gasteiger partial charge in [-0.3, -0.25) is 9.88 Å². The predicted octanol–water partition coefficient (Wildman–Crippen LogP) is 1.84. The highest BCUT2D eigenvalue weighted by Gasteiger charge is 2.22. The highest BCUT2D eigenvalue weighted by atomic mass is 35.5. The molecule has 1 atom stereocenters. The molecule has 1 aliphatic rings. The zero-order valence-corrected chi connectivity index (χ0v) is 11.1. The fraction of sp³-hybridized carbons (Fsp3) is 0.545. The maximum Gasteiger partial charge on any atom is 0.111 e. The Bertz CT molecular complexity index is 294. The first-order valence-electron chi connectivity index (χ1n) is 5.33. The van der Waals surface area contributed by atoms with Crippen molar-refractivity contribution in [3.8, 4) is 0 Å². The molecule has 17 heavy (non-hydrogen) atoms. The molecule has 0 saturated carbocycles. The monoisotopic (exact) mass is 281 g/mol. The molecule has 0 spiro atoms. The standard InChI is InChI=1S/C11H16FN3.2ClH/c12-9-11(10-3-1-2-4-14-10)15-7-5-13-6-8-15;;/h1-4,11,13H,5-9H2;2*1H/t11-;;/m0../s1. The second kappa shape index (κ2) is 8.64. The lowest BCUT2D eigenvalue weighted by Crippen LogP contribution is -2.45. The van der Waals surface area contributed by atoms with Crippen molar-refractivity contribution < 1.29 is 4.39 Å². The van der Waals surface area contributed by atoms with E-state index in [0.717, 1.165) is 31.9 Å². The van der Waals surface area contributed by atoms with Crippen LogP contribution in [0.15, 0.2) is 24.4 Å². The highest BCUT2D eigenvalue weighted by molar-refractivity contribution is 5.85. The van der Waals surface area contributed by atoms with Gasteiger partial charge in [0.15, 0.2) is 0 Å². The van der Waals surface area contributed by atoms with Crippen molar-refractivity contribution in [2.24, 2.45) is 0 Å². The minimum Gasteiger partial charge on any atom is -0.314 e. The van der Waals surface area contributed by atoms with E-state index in [1.165, 1.54) is 0 Å². The number of piperazine rings is 1. The van der Waals surface area contributed by atoms with Crippen LogP contribution >= 0.6 is 24.8 Å². The molecule has 1 saturated heterocycles. The molecule has 0 aliphatic carbocycles. The molecule has 1 N–H and O–H groups in total. The van der Waals surface area contributed by atoms with Gasteiger partial charge in [-0.1, -0.05) is 6.07 Å². The Morgan fingerprint density at radius 1 is 1.29 bits per heavy atom. The molecule has 0 unspecified atom stereocenters. The van der Waals surface area contributed by atoms with Crippen LogP contribution in [0.2, 0.25) is 0 Å². The highest BCUT2D eigenvalue weighted by Crippen LogP contribution is 2.19. The number of pyridine rings is 1. The van der Waals surface area contributed by atoms with Gasteiger partial charge in [-0.2, -0.15) is 0 Å². The van der Waals surface area contributed by atoms with Gasteiger partial charge >= 0.3 is 0 Å². The van der Waals surface area contributed by atoms with Gasteiger partial charge in [0, 0.05) is 32.4 Å². The molecule has 1 aromatic heterocycles. The summed E-state index contributed by atoms with van der Waals surface area (Å²) in [6, 6.07) is 5.49. The lowest BCUT2D eigenvalue weighted by atomic mass is 10.1. The Hall–Kier alpha value is -0.420. The molecule has 3 nitrogen and oxygen atoms in total. The van der Waals surface area contributed by atoms with E-state index >= 15 is 0 Å². The summed E-state index contributed by atoms with van der Waals surface area (Å²) in [5, 5.41) is 3.26. The molecule has 0 bridgehead atoms. The lowest BCUT2D eigenvalue weighted by molar-refractivity contribution is 0.144. The molecule has 2 heterocycles. The number of alkyl halides is 1. The van der Waals surface area contributed by atoms with Crippen LogP contribution in [0.5, 0.6) is 0 Å². The third-order valence-corrected chi connectivity index (χ3v) is 2.77. The van der Waals surface area contributed by atoms with Gasteiger partial charge in [0.1, 0.15) is 6.67 Å². The normalized spacial score (nSPS) is 17.7. The van der Waals surface area contributed by atoms with Crippen molar-refractivity contribution in [2.45, 2.75) is 6.04 Å². The lowest BCUT2D eigenvalue weighted by Gasteiger charge is -2.32. The minimum absolute atomic E-state index is 0. The second-order valence-corrected chi connectivity index (χ2v) is 3.71. The van der Waals surface area contributed by atoms with E-state index in [-0.39, 0.29) is 37.5 Å². The first-order valence-corrected chi connectivity index (χ1v) is 5.33. The van der Waals surface area contributed by atoms with Gasteiger partial charge in [-0.15, -0.1) is 24.8 Å². The summed E-state index contributed by atoms with van der Waals surface area (Å²) in [4.78, 5) is 6.37. The van der Waals surface area contributed by atoms with Crippen LogP contribution in [0.25, 0.3) is 0 Å². The molecular formula is C11H18Cl2FN3. The maximum atomic E-state index is 13.0. The number of halogens is 3. The summed E-state index contributed by atoms with van der Waals surface area (Å²) in [7, 11) is 0. The average molecular weight is 282 g/mol. The molecule has 98 valence electrons. The fourth-order valence-corrected chi connectivity index (χ4v) is 1.93. The summed E-state index contributed by atoms with van der Waals surface area (Å²) in [6.45, 7) is 3.29. The minimum atomic E-state index is -0.364. The van der Waals surface area contributed by atoms with Crippen LogP contribution < -0.4 is 5.32 Å². The summed E-state index contributed by atoms with van der Waals surface area (Å²) in [5.41, 5.74) is 0.835. The molecule has 0 amide bonds. The topological polar surface area (TPSA) is 28.2 Å². The van der Waals surface area contributed by atoms with E-state index in [4.69, 9.17) is 0 Å². The Kier molecular flexibility index (Phi) is 8.43. The van der Waals surface area contributed by atoms with Gasteiger partial charge in [0.2, 0.25) is 0 Å². The van der Waals surface area contributed by atoms with E-state index in [1.807, 2.05) is 18.2 Å². The van der Waals surface area contributed by atoms with Gasteiger partial charge in [-0.05, 0) is 12.1 Å². The third kappa shape index (κ3) is 4.39. The Morgan fingerprint density at radius 2 is 2.00 bits per heavy atom. The molecule has 1 aliphatic heterocycles. The Labute approximate surface area is 114 Å². The van der Waals surface area contributed by atoms with Crippen molar-refractivity contribution in [3.05, 3.63) is 30.1 Å². The fourth-order valence-electron chi connectivity index (χ4n) is 1.93. The van der Waals surface area contributed by atoms with Gasteiger partial charge < -0.3 is 5.32 Å². The zero-order valence-electron chi connectivity index (χ0n) is 9.51. The van der Waals surface area contributed by atoms with Crippen molar-refractivity contribution >= 4 is 24.8 Å². The van der Waals surface area contributed by atoms with Crippen LogP contribution in [-0.2, 0) is 0 Å². The summed E-state index contributed by atoms with van der Waals surface area (Å²) in [5.74, 6) is 0. The SMILES string of the molecule is Cl.Cl.FC[C@@H](c1ccccn1)N1CCNCC1. The van der Waals surface area contributed by atoms with Crippen LogP contribution in [0.4, 0.5) is 4.39 Å². The van der Waals surface area contributed by atoms with E-state index in [1.54, 1.807) is 6.20 Å². The molecule has 1 fully saturated rings.